The summed E-state index contributed by atoms with van der Waals surface area (Å²) in [6.07, 6.45) is 1.61. The van der Waals surface area contributed by atoms with Gasteiger partial charge < -0.3 is 19.5 Å². The van der Waals surface area contributed by atoms with Crippen LogP contribution in [0.3, 0.4) is 0 Å². The van der Waals surface area contributed by atoms with E-state index < -0.39 is 18.4 Å². The van der Waals surface area contributed by atoms with Crippen LogP contribution in [0.15, 0.2) is 36.5 Å². The molecule has 2 aromatic heterocycles. The van der Waals surface area contributed by atoms with Crippen molar-refractivity contribution in [2.75, 3.05) is 20.8 Å². The maximum atomic E-state index is 13.0. The van der Waals surface area contributed by atoms with Gasteiger partial charge in [0.25, 0.3) is 5.91 Å². The van der Waals surface area contributed by atoms with Crippen molar-refractivity contribution in [3.05, 3.63) is 53.5 Å². The highest BCUT2D eigenvalue weighted by Gasteiger charge is 2.20. The molecule has 3 aromatic rings. The zero-order valence-corrected chi connectivity index (χ0v) is 15.7. The highest BCUT2D eigenvalue weighted by molar-refractivity contribution is 5.95. The van der Waals surface area contributed by atoms with E-state index >= 15 is 0 Å². The van der Waals surface area contributed by atoms with Crippen LogP contribution in [0.4, 0.5) is 0 Å². The average molecular weight is 384 g/mol. The number of aryl methyl sites for hydroxylation is 1. The number of ether oxygens (including phenoxy) is 2. The van der Waals surface area contributed by atoms with E-state index in [0.29, 0.717) is 34.1 Å². The molecule has 1 amide bonds. The van der Waals surface area contributed by atoms with Crippen molar-refractivity contribution in [1.82, 2.24) is 19.5 Å². The summed E-state index contributed by atoms with van der Waals surface area (Å²) in [7, 11) is 3.05. The Morgan fingerprint density at radius 1 is 1.11 bits per heavy atom. The summed E-state index contributed by atoms with van der Waals surface area (Å²) in [4.78, 5) is 25.6. The summed E-state index contributed by atoms with van der Waals surface area (Å²) >= 11 is 0. The van der Waals surface area contributed by atoms with Crippen LogP contribution in [0.2, 0.25) is 0 Å². The van der Waals surface area contributed by atoms with Gasteiger partial charge in [0.2, 0.25) is 0 Å². The number of nitrogens with zero attached hydrogens (tertiary/aromatic N) is 4. The second-order valence-electron chi connectivity index (χ2n) is 6.17. The fourth-order valence-electron chi connectivity index (χ4n) is 2.86. The van der Waals surface area contributed by atoms with Gasteiger partial charge in [-0.25, -0.2) is 0 Å². The Labute approximate surface area is 161 Å². The molecule has 2 heterocycles. The first-order valence-electron chi connectivity index (χ1n) is 8.45. The molecule has 3 rings (SSSR count). The molecular weight excluding hydrogens is 364 g/mol. The maximum absolute atomic E-state index is 13.0. The van der Waals surface area contributed by atoms with E-state index in [9.17, 15) is 14.7 Å². The van der Waals surface area contributed by atoms with E-state index in [4.69, 9.17) is 9.47 Å². The highest BCUT2D eigenvalue weighted by atomic mass is 16.5. The molecule has 0 radical (unpaired) electrons. The Kier molecular flexibility index (Phi) is 5.44. The van der Waals surface area contributed by atoms with Gasteiger partial charge in [0.15, 0.2) is 5.65 Å². The molecule has 1 aromatic carbocycles. The second kappa shape index (κ2) is 7.95. The van der Waals surface area contributed by atoms with Gasteiger partial charge in [-0.15, -0.1) is 10.2 Å². The molecule has 28 heavy (non-hydrogen) atoms. The number of aliphatic carboxylic acids is 1. The Balaban J connectivity index is 1.93. The Morgan fingerprint density at radius 2 is 1.79 bits per heavy atom. The molecule has 0 saturated heterocycles. The van der Waals surface area contributed by atoms with Crippen LogP contribution in [0, 0.1) is 6.92 Å². The number of pyridine rings is 1. The van der Waals surface area contributed by atoms with Crippen LogP contribution in [0.25, 0.3) is 5.65 Å². The van der Waals surface area contributed by atoms with E-state index in [0.717, 1.165) is 0 Å². The number of rotatable bonds is 7. The van der Waals surface area contributed by atoms with Crippen LogP contribution < -0.4 is 9.47 Å². The van der Waals surface area contributed by atoms with Gasteiger partial charge in [-0.05, 0) is 36.8 Å². The first-order chi connectivity index (χ1) is 13.4. The predicted molar refractivity (Wildman–Crippen MR) is 99.6 cm³/mol. The van der Waals surface area contributed by atoms with Gasteiger partial charge >= 0.3 is 5.97 Å². The topological polar surface area (TPSA) is 106 Å². The van der Waals surface area contributed by atoms with Crippen LogP contribution in [-0.4, -0.2) is 57.2 Å². The first-order valence-corrected chi connectivity index (χ1v) is 8.45. The van der Waals surface area contributed by atoms with Gasteiger partial charge in [0.1, 0.15) is 23.9 Å². The minimum absolute atomic E-state index is 0.0812. The summed E-state index contributed by atoms with van der Waals surface area (Å²) < 4.78 is 12.2. The molecule has 0 aliphatic heterocycles. The Bertz CT molecular complexity index is 1010. The van der Waals surface area contributed by atoms with Crippen molar-refractivity contribution in [1.29, 1.82) is 0 Å². The third kappa shape index (κ3) is 4.03. The molecule has 0 atom stereocenters. The average Bonchev–Trinajstić information content (AvgIpc) is 3.06. The number of hydrogen-bond acceptors (Lipinski definition) is 6. The number of carboxylic acids is 1. The van der Waals surface area contributed by atoms with Crippen molar-refractivity contribution < 1.29 is 24.2 Å². The van der Waals surface area contributed by atoms with Crippen molar-refractivity contribution in [3.63, 3.8) is 0 Å². The van der Waals surface area contributed by atoms with Gasteiger partial charge in [-0.3, -0.25) is 14.0 Å². The minimum Gasteiger partial charge on any atom is -0.497 e. The number of benzene rings is 1. The lowest BCUT2D eigenvalue weighted by Gasteiger charge is -2.21. The predicted octanol–water partition coefficient (Wildman–Crippen LogP) is 1.78. The molecule has 0 bridgehead atoms. The molecule has 1 N–H and O–H groups in total. The fourth-order valence-corrected chi connectivity index (χ4v) is 2.86. The summed E-state index contributed by atoms with van der Waals surface area (Å²) in [6, 6.07) is 8.44. The number of methoxy groups -OCH3 is 2. The molecule has 0 aliphatic rings. The zero-order valence-electron chi connectivity index (χ0n) is 15.7. The van der Waals surface area contributed by atoms with Crippen LogP contribution in [0.5, 0.6) is 11.5 Å². The third-order valence-corrected chi connectivity index (χ3v) is 4.22. The van der Waals surface area contributed by atoms with Gasteiger partial charge in [0, 0.05) is 18.8 Å². The Hall–Kier alpha value is -3.62. The highest BCUT2D eigenvalue weighted by Crippen LogP contribution is 2.24. The molecule has 0 unspecified atom stereocenters. The number of aromatic nitrogens is 3. The summed E-state index contributed by atoms with van der Waals surface area (Å²) in [5.74, 6) is 0.216. The van der Waals surface area contributed by atoms with Crippen LogP contribution >= 0.6 is 0 Å². The zero-order chi connectivity index (χ0) is 20.3. The van der Waals surface area contributed by atoms with Crippen molar-refractivity contribution >= 4 is 17.5 Å². The summed E-state index contributed by atoms with van der Waals surface area (Å²) in [5.41, 5.74) is 1.63. The number of carbonyl (C=O) groups is 2. The lowest BCUT2D eigenvalue weighted by Crippen LogP contribution is -2.35. The molecular formula is C19H20N4O5. The molecule has 0 aliphatic carbocycles. The van der Waals surface area contributed by atoms with E-state index in [1.54, 1.807) is 47.9 Å². The van der Waals surface area contributed by atoms with E-state index in [1.807, 2.05) is 0 Å². The van der Waals surface area contributed by atoms with Crippen LogP contribution in [0.1, 0.15) is 21.7 Å². The molecule has 146 valence electrons. The van der Waals surface area contributed by atoms with Gasteiger partial charge in [-0.1, -0.05) is 0 Å². The number of carboxylic acid groups (broad SMARTS) is 1. The largest absolute Gasteiger partial charge is 0.497 e. The minimum atomic E-state index is -1.11. The summed E-state index contributed by atoms with van der Waals surface area (Å²) in [5, 5.41) is 17.2. The first kappa shape index (κ1) is 19.2. The maximum Gasteiger partial charge on any atom is 0.323 e. The molecule has 0 saturated carbocycles. The van der Waals surface area contributed by atoms with Gasteiger partial charge in [-0.2, -0.15) is 0 Å². The van der Waals surface area contributed by atoms with E-state index in [1.165, 1.54) is 19.1 Å². The van der Waals surface area contributed by atoms with E-state index in [2.05, 4.69) is 10.2 Å². The number of hydrogen-bond donors (Lipinski definition) is 1. The number of amides is 1. The normalized spacial score (nSPS) is 10.7. The SMILES string of the molecule is COc1cc(CN(CC(=O)O)C(=O)c2ccc3nnc(C)n3c2)cc(OC)c1. The molecule has 9 heteroatoms. The fraction of sp³-hybridized carbons (Fsp3) is 0.263. The van der Waals surface area contributed by atoms with Crippen molar-refractivity contribution in [3.8, 4) is 11.5 Å². The van der Waals surface area contributed by atoms with Crippen molar-refractivity contribution in [2.24, 2.45) is 0 Å². The van der Waals surface area contributed by atoms with Crippen molar-refractivity contribution in [2.45, 2.75) is 13.5 Å². The smallest absolute Gasteiger partial charge is 0.323 e. The number of carbonyl (C=O) groups excluding carboxylic acids is 1. The number of fused-ring (bicyclic) bond motifs is 1. The quantitative estimate of drug-likeness (QED) is 0.662. The van der Waals surface area contributed by atoms with Crippen LogP contribution in [-0.2, 0) is 11.3 Å². The lowest BCUT2D eigenvalue weighted by atomic mass is 10.1. The third-order valence-electron chi connectivity index (χ3n) is 4.22. The standard InChI is InChI=1S/C19H20N4O5/c1-12-20-21-17-5-4-14(10-23(12)17)19(26)22(11-18(24)25)9-13-6-15(27-2)8-16(7-13)28-3/h4-8,10H,9,11H2,1-3H3,(H,24,25). The molecule has 0 fully saturated rings. The monoisotopic (exact) mass is 384 g/mol. The Morgan fingerprint density at radius 3 is 2.39 bits per heavy atom. The molecule has 9 nitrogen and oxygen atoms in total. The summed E-state index contributed by atoms with van der Waals surface area (Å²) in [6.45, 7) is 1.40. The lowest BCUT2D eigenvalue weighted by molar-refractivity contribution is -0.137. The van der Waals surface area contributed by atoms with Gasteiger partial charge in [0.05, 0.1) is 19.8 Å². The second-order valence-corrected chi connectivity index (χ2v) is 6.17. The molecule has 0 spiro atoms. The van der Waals surface area contributed by atoms with E-state index in [-0.39, 0.29) is 6.54 Å².